The molecule has 5 nitrogen and oxygen atoms in total. The van der Waals surface area contributed by atoms with Gasteiger partial charge in [0.1, 0.15) is 5.82 Å². The maximum Gasteiger partial charge on any atom is 0.281 e. The highest BCUT2D eigenvalue weighted by Gasteiger charge is 2.13. The monoisotopic (exact) mass is 266 g/mol. The Labute approximate surface area is 116 Å². The van der Waals surface area contributed by atoms with Crippen molar-refractivity contribution in [1.29, 1.82) is 0 Å². The van der Waals surface area contributed by atoms with Crippen molar-refractivity contribution in [2.45, 2.75) is 19.9 Å². The molecule has 0 saturated carbocycles. The van der Waals surface area contributed by atoms with Gasteiger partial charge < -0.3 is 0 Å². The van der Waals surface area contributed by atoms with Gasteiger partial charge in [-0.05, 0) is 6.42 Å². The third kappa shape index (κ3) is 2.07. The van der Waals surface area contributed by atoms with Crippen LogP contribution >= 0.6 is 0 Å². The average Bonchev–Trinajstić information content (AvgIpc) is 2.51. The summed E-state index contributed by atoms with van der Waals surface area (Å²) in [7, 11) is 0. The first-order valence-corrected chi connectivity index (χ1v) is 6.58. The highest BCUT2D eigenvalue weighted by atomic mass is 16.1. The van der Waals surface area contributed by atoms with E-state index in [1.807, 2.05) is 37.3 Å². The summed E-state index contributed by atoms with van der Waals surface area (Å²) in [5.41, 5.74) is 1.48. The van der Waals surface area contributed by atoms with E-state index >= 15 is 0 Å². The molecule has 0 bridgehead atoms. The Balaban J connectivity index is 2.35. The van der Waals surface area contributed by atoms with Gasteiger partial charge in [-0.3, -0.25) is 9.36 Å². The molecule has 3 rings (SSSR count). The van der Waals surface area contributed by atoms with Crippen molar-refractivity contribution >= 4 is 11.2 Å². The molecule has 1 aromatic carbocycles. The molecule has 0 radical (unpaired) electrons. The average molecular weight is 266 g/mol. The first-order chi connectivity index (χ1) is 9.81. The van der Waals surface area contributed by atoms with Gasteiger partial charge in [0, 0.05) is 24.5 Å². The van der Waals surface area contributed by atoms with Gasteiger partial charge in [-0.15, -0.1) is 0 Å². The summed E-state index contributed by atoms with van der Waals surface area (Å²) in [6.45, 7) is 2.64. The number of fused-ring (bicyclic) bond motifs is 1. The van der Waals surface area contributed by atoms with Gasteiger partial charge in [-0.25, -0.2) is 15.0 Å². The highest BCUT2D eigenvalue weighted by Crippen LogP contribution is 2.17. The molecule has 20 heavy (non-hydrogen) atoms. The van der Waals surface area contributed by atoms with E-state index in [-0.39, 0.29) is 5.56 Å². The number of rotatable bonds is 3. The SMILES string of the molecule is CCCn1c(-c2ccccc2)nc2nccnc2c1=O. The second-order valence-electron chi connectivity index (χ2n) is 4.49. The van der Waals surface area contributed by atoms with Crippen LogP contribution in [0.1, 0.15) is 13.3 Å². The summed E-state index contributed by atoms with van der Waals surface area (Å²) in [5.74, 6) is 0.644. The predicted molar refractivity (Wildman–Crippen MR) is 77.3 cm³/mol. The fourth-order valence-corrected chi connectivity index (χ4v) is 2.19. The van der Waals surface area contributed by atoms with Crippen LogP contribution in [0.5, 0.6) is 0 Å². The molecule has 0 saturated heterocycles. The molecule has 2 aromatic heterocycles. The second kappa shape index (κ2) is 5.21. The molecule has 0 spiro atoms. The van der Waals surface area contributed by atoms with Gasteiger partial charge in [0.25, 0.3) is 5.56 Å². The summed E-state index contributed by atoms with van der Waals surface area (Å²) < 4.78 is 1.67. The molecular formula is C15H14N4O. The summed E-state index contributed by atoms with van der Waals surface area (Å²) >= 11 is 0. The van der Waals surface area contributed by atoms with E-state index in [1.54, 1.807) is 10.8 Å². The van der Waals surface area contributed by atoms with Crippen LogP contribution in [-0.2, 0) is 6.54 Å². The first-order valence-electron chi connectivity index (χ1n) is 6.58. The molecule has 0 atom stereocenters. The van der Waals surface area contributed by atoms with Gasteiger partial charge in [0.15, 0.2) is 11.2 Å². The molecule has 0 N–H and O–H groups in total. The Morgan fingerprint density at radius 3 is 2.60 bits per heavy atom. The maximum atomic E-state index is 12.5. The van der Waals surface area contributed by atoms with E-state index in [4.69, 9.17) is 0 Å². The van der Waals surface area contributed by atoms with Crippen molar-refractivity contribution in [1.82, 2.24) is 19.5 Å². The molecule has 0 aliphatic carbocycles. The van der Waals surface area contributed by atoms with Crippen LogP contribution in [0.3, 0.4) is 0 Å². The minimum Gasteiger partial charge on any atom is -0.291 e. The Bertz CT molecular complexity index is 796. The van der Waals surface area contributed by atoms with Crippen LogP contribution in [0.25, 0.3) is 22.6 Å². The fourth-order valence-electron chi connectivity index (χ4n) is 2.19. The molecule has 0 unspecified atom stereocenters. The van der Waals surface area contributed by atoms with Crippen molar-refractivity contribution in [3.8, 4) is 11.4 Å². The van der Waals surface area contributed by atoms with E-state index in [0.717, 1.165) is 12.0 Å². The molecule has 3 aromatic rings. The number of benzene rings is 1. The molecule has 100 valence electrons. The topological polar surface area (TPSA) is 60.7 Å². The normalized spacial score (nSPS) is 10.8. The zero-order chi connectivity index (χ0) is 13.9. The number of aromatic nitrogens is 4. The minimum atomic E-state index is -0.135. The number of nitrogens with zero attached hydrogens (tertiary/aromatic N) is 4. The van der Waals surface area contributed by atoms with Gasteiger partial charge in [0.05, 0.1) is 0 Å². The highest BCUT2D eigenvalue weighted by molar-refractivity contribution is 5.71. The molecule has 5 heteroatoms. The van der Waals surface area contributed by atoms with E-state index in [2.05, 4.69) is 15.0 Å². The molecule has 0 aliphatic rings. The lowest BCUT2D eigenvalue weighted by atomic mass is 10.2. The van der Waals surface area contributed by atoms with Crippen LogP contribution in [0.15, 0.2) is 47.5 Å². The Kier molecular flexibility index (Phi) is 3.25. The molecule has 2 heterocycles. The molecule has 0 amide bonds. The fraction of sp³-hybridized carbons (Fsp3) is 0.200. The lowest BCUT2D eigenvalue weighted by molar-refractivity contribution is 0.654. The maximum absolute atomic E-state index is 12.5. The lowest BCUT2D eigenvalue weighted by Gasteiger charge is -2.11. The Hall–Kier alpha value is -2.56. The van der Waals surface area contributed by atoms with E-state index in [0.29, 0.717) is 23.5 Å². The lowest BCUT2D eigenvalue weighted by Crippen LogP contribution is -2.24. The second-order valence-corrected chi connectivity index (χ2v) is 4.49. The predicted octanol–water partition coefficient (Wildman–Crippen LogP) is 2.26. The van der Waals surface area contributed by atoms with Gasteiger partial charge in [-0.2, -0.15) is 0 Å². The third-order valence-electron chi connectivity index (χ3n) is 3.07. The van der Waals surface area contributed by atoms with Crippen molar-refractivity contribution in [2.75, 3.05) is 0 Å². The molecule has 0 fully saturated rings. The van der Waals surface area contributed by atoms with Crippen LogP contribution in [0.2, 0.25) is 0 Å². The standard InChI is InChI=1S/C15H14N4O/c1-2-10-19-14(11-6-4-3-5-7-11)18-13-12(15(19)20)16-8-9-17-13/h3-9H,2,10H2,1H3. The van der Waals surface area contributed by atoms with Crippen LogP contribution in [0, 0.1) is 0 Å². The van der Waals surface area contributed by atoms with Gasteiger partial charge >= 0.3 is 0 Å². The van der Waals surface area contributed by atoms with Crippen LogP contribution in [0.4, 0.5) is 0 Å². The quantitative estimate of drug-likeness (QED) is 0.729. The van der Waals surface area contributed by atoms with Gasteiger partial charge in [0.2, 0.25) is 0 Å². The van der Waals surface area contributed by atoms with Crippen LogP contribution in [-0.4, -0.2) is 19.5 Å². The Morgan fingerprint density at radius 1 is 1.10 bits per heavy atom. The summed E-state index contributed by atoms with van der Waals surface area (Å²) in [4.78, 5) is 25.3. The van der Waals surface area contributed by atoms with Crippen molar-refractivity contribution in [2.24, 2.45) is 0 Å². The van der Waals surface area contributed by atoms with Crippen molar-refractivity contribution in [3.63, 3.8) is 0 Å². The zero-order valence-corrected chi connectivity index (χ0v) is 11.2. The summed E-state index contributed by atoms with van der Waals surface area (Å²) in [6.07, 6.45) is 3.92. The largest absolute Gasteiger partial charge is 0.291 e. The Morgan fingerprint density at radius 2 is 1.85 bits per heavy atom. The first kappa shape index (κ1) is 12.5. The van der Waals surface area contributed by atoms with E-state index in [1.165, 1.54) is 6.20 Å². The summed E-state index contributed by atoms with van der Waals surface area (Å²) in [5, 5.41) is 0. The van der Waals surface area contributed by atoms with Crippen molar-refractivity contribution in [3.05, 3.63) is 53.1 Å². The zero-order valence-electron chi connectivity index (χ0n) is 11.2. The van der Waals surface area contributed by atoms with Gasteiger partial charge in [-0.1, -0.05) is 37.3 Å². The number of hydrogen-bond donors (Lipinski definition) is 0. The van der Waals surface area contributed by atoms with E-state index in [9.17, 15) is 4.79 Å². The smallest absolute Gasteiger partial charge is 0.281 e. The number of hydrogen-bond acceptors (Lipinski definition) is 4. The molecular weight excluding hydrogens is 252 g/mol. The molecule has 0 aliphatic heterocycles. The summed E-state index contributed by atoms with van der Waals surface area (Å²) in [6, 6.07) is 9.68. The van der Waals surface area contributed by atoms with Crippen molar-refractivity contribution < 1.29 is 0 Å². The third-order valence-corrected chi connectivity index (χ3v) is 3.07. The van der Waals surface area contributed by atoms with Crippen LogP contribution < -0.4 is 5.56 Å². The van der Waals surface area contributed by atoms with E-state index < -0.39 is 0 Å². The minimum absolute atomic E-state index is 0.135.